The van der Waals surface area contributed by atoms with Gasteiger partial charge in [-0.2, -0.15) is 5.10 Å². The van der Waals surface area contributed by atoms with Crippen LogP contribution in [0.15, 0.2) is 54.7 Å². The van der Waals surface area contributed by atoms with E-state index in [2.05, 4.69) is 46.3 Å². The third kappa shape index (κ3) is 3.70. The Bertz CT molecular complexity index is 886. The summed E-state index contributed by atoms with van der Waals surface area (Å²) >= 11 is 0. The first-order valence-corrected chi connectivity index (χ1v) is 9.26. The minimum atomic E-state index is -0.209. The average molecular weight is 349 g/mol. The highest BCUT2D eigenvalue weighted by Crippen LogP contribution is 2.33. The van der Waals surface area contributed by atoms with Crippen LogP contribution in [-0.4, -0.2) is 28.2 Å². The van der Waals surface area contributed by atoms with Crippen LogP contribution in [0.1, 0.15) is 35.6 Å². The topological polar surface area (TPSA) is 31.9 Å². The van der Waals surface area contributed by atoms with Crippen molar-refractivity contribution in [3.05, 3.63) is 77.4 Å². The molecule has 2 aromatic carbocycles. The largest absolute Gasteiger partial charge is 0.298 e. The number of H-pyrrole nitrogens is 1. The SMILES string of the molecule is Cc1cccc(CN2CCC[C@@H](c3[nH]ncc3-c3cccc(F)c3)C2)c1. The number of nitrogens with one attached hydrogen (secondary N) is 1. The van der Waals surface area contributed by atoms with Crippen LogP contribution in [0.2, 0.25) is 0 Å². The molecule has 134 valence electrons. The van der Waals surface area contributed by atoms with Gasteiger partial charge in [0.05, 0.1) is 6.20 Å². The number of halogens is 1. The number of rotatable bonds is 4. The van der Waals surface area contributed by atoms with Crippen LogP contribution in [0.25, 0.3) is 11.1 Å². The summed E-state index contributed by atoms with van der Waals surface area (Å²) in [5.41, 5.74) is 5.71. The molecule has 0 spiro atoms. The number of aromatic amines is 1. The number of aryl methyl sites for hydroxylation is 1. The lowest BCUT2D eigenvalue weighted by atomic mass is 9.90. The Labute approximate surface area is 153 Å². The van der Waals surface area contributed by atoms with Gasteiger partial charge in [0.25, 0.3) is 0 Å². The molecule has 4 heteroatoms. The van der Waals surface area contributed by atoms with E-state index in [4.69, 9.17) is 0 Å². The van der Waals surface area contributed by atoms with Gasteiger partial charge in [-0.15, -0.1) is 0 Å². The second-order valence-corrected chi connectivity index (χ2v) is 7.27. The van der Waals surface area contributed by atoms with Crippen molar-refractivity contribution in [3.63, 3.8) is 0 Å². The Morgan fingerprint density at radius 3 is 2.92 bits per heavy atom. The maximum atomic E-state index is 13.6. The van der Waals surface area contributed by atoms with Crippen LogP contribution >= 0.6 is 0 Å². The zero-order chi connectivity index (χ0) is 17.9. The Morgan fingerprint density at radius 1 is 1.19 bits per heavy atom. The molecule has 1 N–H and O–H groups in total. The van der Waals surface area contributed by atoms with E-state index < -0.39 is 0 Å². The average Bonchev–Trinajstić information content (AvgIpc) is 3.12. The van der Waals surface area contributed by atoms with Crippen LogP contribution in [0.3, 0.4) is 0 Å². The van der Waals surface area contributed by atoms with E-state index in [1.165, 1.54) is 17.2 Å². The molecular formula is C22H24FN3. The molecular weight excluding hydrogens is 325 g/mol. The predicted octanol–water partition coefficient (Wildman–Crippen LogP) is 4.90. The van der Waals surface area contributed by atoms with Gasteiger partial charge < -0.3 is 0 Å². The zero-order valence-corrected chi connectivity index (χ0v) is 15.1. The van der Waals surface area contributed by atoms with E-state index in [1.54, 1.807) is 12.1 Å². The van der Waals surface area contributed by atoms with Gasteiger partial charge in [0.2, 0.25) is 0 Å². The first-order valence-electron chi connectivity index (χ1n) is 9.26. The number of benzene rings is 2. The molecule has 3 nitrogen and oxygen atoms in total. The molecule has 26 heavy (non-hydrogen) atoms. The molecule has 1 aliphatic heterocycles. The molecule has 1 fully saturated rings. The van der Waals surface area contributed by atoms with E-state index in [0.717, 1.165) is 49.3 Å². The van der Waals surface area contributed by atoms with Crippen LogP contribution in [0.4, 0.5) is 4.39 Å². The molecule has 0 aliphatic carbocycles. The van der Waals surface area contributed by atoms with Gasteiger partial charge in [-0.05, 0) is 49.6 Å². The van der Waals surface area contributed by atoms with Crippen LogP contribution in [0.5, 0.6) is 0 Å². The number of piperidine rings is 1. The monoisotopic (exact) mass is 349 g/mol. The maximum absolute atomic E-state index is 13.6. The van der Waals surface area contributed by atoms with E-state index >= 15 is 0 Å². The van der Waals surface area contributed by atoms with Crippen molar-refractivity contribution >= 4 is 0 Å². The summed E-state index contributed by atoms with van der Waals surface area (Å²) in [7, 11) is 0. The summed E-state index contributed by atoms with van der Waals surface area (Å²) in [5, 5.41) is 7.45. The lowest BCUT2D eigenvalue weighted by Crippen LogP contribution is -2.34. The molecule has 1 aromatic heterocycles. The van der Waals surface area contributed by atoms with Crippen molar-refractivity contribution in [2.24, 2.45) is 0 Å². The van der Waals surface area contributed by atoms with Gasteiger partial charge in [-0.1, -0.05) is 42.0 Å². The Balaban J connectivity index is 1.53. The van der Waals surface area contributed by atoms with E-state index in [0.29, 0.717) is 5.92 Å². The second-order valence-electron chi connectivity index (χ2n) is 7.27. The summed E-state index contributed by atoms with van der Waals surface area (Å²) in [6.07, 6.45) is 4.12. The van der Waals surface area contributed by atoms with Crippen LogP contribution in [-0.2, 0) is 6.54 Å². The van der Waals surface area contributed by atoms with Gasteiger partial charge in [-0.3, -0.25) is 10.00 Å². The standard InChI is InChI=1S/C22H24FN3/c1-16-5-2-6-17(11-16)14-26-10-4-8-19(15-26)22-21(13-24-25-22)18-7-3-9-20(23)12-18/h2-3,5-7,9,11-13,19H,4,8,10,14-15H2,1H3,(H,24,25)/t19-/m1/s1. The predicted molar refractivity (Wildman–Crippen MR) is 102 cm³/mol. The molecule has 0 bridgehead atoms. The summed E-state index contributed by atoms with van der Waals surface area (Å²) in [6.45, 7) is 5.23. The fraction of sp³-hybridized carbons (Fsp3) is 0.318. The van der Waals surface area contributed by atoms with Gasteiger partial charge in [0.15, 0.2) is 0 Å². The molecule has 0 amide bonds. The third-order valence-electron chi connectivity index (χ3n) is 5.21. The van der Waals surface area contributed by atoms with Crippen molar-refractivity contribution in [3.8, 4) is 11.1 Å². The highest BCUT2D eigenvalue weighted by molar-refractivity contribution is 5.65. The first-order chi connectivity index (χ1) is 12.7. The maximum Gasteiger partial charge on any atom is 0.123 e. The van der Waals surface area contributed by atoms with E-state index in [9.17, 15) is 4.39 Å². The third-order valence-corrected chi connectivity index (χ3v) is 5.21. The van der Waals surface area contributed by atoms with Gasteiger partial charge in [0.1, 0.15) is 5.82 Å². The van der Waals surface area contributed by atoms with Crippen LogP contribution < -0.4 is 0 Å². The van der Waals surface area contributed by atoms with Crippen molar-refractivity contribution in [2.75, 3.05) is 13.1 Å². The summed E-state index contributed by atoms with van der Waals surface area (Å²) < 4.78 is 13.6. The van der Waals surface area contributed by atoms with Crippen molar-refractivity contribution < 1.29 is 4.39 Å². The molecule has 2 heterocycles. The normalized spacial score (nSPS) is 18.2. The Kier molecular flexibility index (Phi) is 4.85. The molecule has 0 radical (unpaired) electrons. The van der Waals surface area contributed by atoms with E-state index in [-0.39, 0.29) is 5.82 Å². The fourth-order valence-electron chi connectivity index (χ4n) is 4.00. The van der Waals surface area contributed by atoms with Crippen molar-refractivity contribution in [1.29, 1.82) is 0 Å². The molecule has 3 aromatic rings. The highest BCUT2D eigenvalue weighted by Gasteiger charge is 2.25. The molecule has 1 aliphatic rings. The summed E-state index contributed by atoms with van der Waals surface area (Å²) in [6, 6.07) is 15.5. The minimum Gasteiger partial charge on any atom is -0.298 e. The minimum absolute atomic E-state index is 0.209. The quantitative estimate of drug-likeness (QED) is 0.726. The van der Waals surface area contributed by atoms with Crippen molar-refractivity contribution in [2.45, 2.75) is 32.2 Å². The van der Waals surface area contributed by atoms with E-state index in [1.807, 2.05) is 12.3 Å². The number of hydrogen-bond acceptors (Lipinski definition) is 2. The number of nitrogens with zero attached hydrogens (tertiary/aromatic N) is 2. The Hall–Kier alpha value is -2.46. The highest BCUT2D eigenvalue weighted by atomic mass is 19.1. The van der Waals surface area contributed by atoms with Gasteiger partial charge >= 0.3 is 0 Å². The smallest absolute Gasteiger partial charge is 0.123 e. The second kappa shape index (κ2) is 7.42. The zero-order valence-electron chi connectivity index (χ0n) is 15.1. The lowest BCUT2D eigenvalue weighted by molar-refractivity contribution is 0.198. The number of likely N-dealkylation sites (tertiary alicyclic amines) is 1. The molecule has 4 rings (SSSR count). The van der Waals surface area contributed by atoms with Crippen molar-refractivity contribution in [1.82, 2.24) is 15.1 Å². The molecule has 0 unspecified atom stereocenters. The summed E-state index contributed by atoms with van der Waals surface area (Å²) in [4.78, 5) is 2.51. The molecule has 1 atom stereocenters. The van der Waals surface area contributed by atoms with Gasteiger partial charge in [0, 0.05) is 30.3 Å². The number of aromatic nitrogens is 2. The Morgan fingerprint density at radius 2 is 2.08 bits per heavy atom. The van der Waals surface area contributed by atoms with Gasteiger partial charge in [-0.25, -0.2) is 4.39 Å². The fourth-order valence-corrected chi connectivity index (χ4v) is 4.00. The summed E-state index contributed by atoms with van der Waals surface area (Å²) in [5.74, 6) is 0.189. The molecule has 1 saturated heterocycles. The molecule has 0 saturated carbocycles. The lowest BCUT2D eigenvalue weighted by Gasteiger charge is -2.32. The number of hydrogen-bond donors (Lipinski definition) is 1. The first kappa shape index (κ1) is 17.0. The van der Waals surface area contributed by atoms with Crippen LogP contribution in [0, 0.1) is 12.7 Å².